The molecule has 2 aromatic heterocycles. The molecule has 12 rings (SSSR count). The number of rotatable bonds is 6. The van der Waals surface area contributed by atoms with Gasteiger partial charge in [-0.05, 0) is 120 Å². The average molecular weight is 791 g/mol. The van der Waals surface area contributed by atoms with E-state index in [1.54, 1.807) is 0 Å². The summed E-state index contributed by atoms with van der Waals surface area (Å²) in [6.45, 7) is 8.28. The van der Waals surface area contributed by atoms with Crippen LogP contribution in [0.3, 0.4) is 0 Å². The fourth-order valence-electron chi connectivity index (χ4n) is 9.59. The molecule has 0 unspecified atom stereocenters. The molecule has 288 valence electrons. The number of nitriles is 1. The standard InChI is InChI=1S/C56H34N6/c1-58-40-31-39(38-29-37(36-57)30-44(32-38)61-53-24-12-13-25-54(53)62-51-23-11-8-19-46(51)48-21-14-26-55(61)56(48)62)33-45(34-40)60-50-22-10-9-20-47(50)49-35-43(27-28-52(49)60)59(41-15-4-2-5-16-41)42-17-6-3-7-18-42/h2-35H. The van der Waals surface area contributed by atoms with Crippen LogP contribution in [0.2, 0.25) is 0 Å². The molecule has 1 aliphatic heterocycles. The van der Waals surface area contributed by atoms with Gasteiger partial charge in [0.25, 0.3) is 0 Å². The third-order valence-electron chi connectivity index (χ3n) is 12.1. The molecule has 0 radical (unpaired) electrons. The Morgan fingerprint density at radius 1 is 0.435 bits per heavy atom. The molecule has 0 saturated carbocycles. The van der Waals surface area contributed by atoms with Gasteiger partial charge < -0.3 is 18.9 Å². The van der Waals surface area contributed by atoms with Crippen molar-refractivity contribution in [1.82, 2.24) is 9.13 Å². The van der Waals surface area contributed by atoms with Crippen LogP contribution in [0.5, 0.6) is 0 Å². The third-order valence-corrected chi connectivity index (χ3v) is 12.1. The Balaban J connectivity index is 1.04. The molecular formula is C56H34N6. The molecule has 0 N–H and O–H groups in total. The highest BCUT2D eigenvalue weighted by Gasteiger charge is 2.29. The molecule has 0 saturated heterocycles. The van der Waals surface area contributed by atoms with Crippen molar-refractivity contribution in [3.8, 4) is 28.6 Å². The molecule has 0 amide bonds. The van der Waals surface area contributed by atoms with Crippen LogP contribution in [-0.2, 0) is 0 Å². The van der Waals surface area contributed by atoms with Crippen LogP contribution >= 0.6 is 0 Å². The van der Waals surface area contributed by atoms with Gasteiger partial charge in [-0.25, -0.2) is 4.85 Å². The normalized spacial score (nSPS) is 11.8. The summed E-state index contributed by atoms with van der Waals surface area (Å²) in [6, 6.07) is 74.1. The smallest absolute Gasteiger partial charge is 0.189 e. The number of para-hydroxylation sites is 7. The number of fused-ring (bicyclic) bond motifs is 8. The topological polar surface area (TPSA) is 44.5 Å². The maximum atomic E-state index is 10.6. The Kier molecular flexibility index (Phi) is 7.87. The van der Waals surface area contributed by atoms with Gasteiger partial charge in [0.15, 0.2) is 5.69 Å². The molecule has 9 aromatic carbocycles. The van der Waals surface area contributed by atoms with Gasteiger partial charge in [0, 0.05) is 50.0 Å². The first-order chi connectivity index (χ1) is 30.7. The molecule has 6 heteroatoms. The first kappa shape index (κ1) is 35.1. The predicted octanol–water partition coefficient (Wildman–Crippen LogP) is 15.2. The monoisotopic (exact) mass is 790 g/mol. The molecule has 1 aliphatic rings. The Morgan fingerprint density at radius 2 is 1.02 bits per heavy atom. The second-order valence-electron chi connectivity index (χ2n) is 15.6. The molecule has 0 aliphatic carbocycles. The van der Waals surface area contributed by atoms with Gasteiger partial charge >= 0.3 is 0 Å². The number of hydrogen-bond acceptors (Lipinski definition) is 3. The Labute approximate surface area is 358 Å². The van der Waals surface area contributed by atoms with Crippen LogP contribution in [0.15, 0.2) is 206 Å². The molecule has 11 aromatic rings. The lowest BCUT2D eigenvalue weighted by molar-refractivity contribution is 1.11. The summed E-state index contributed by atoms with van der Waals surface area (Å²) in [7, 11) is 0. The van der Waals surface area contributed by atoms with Crippen LogP contribution in [0.1, 0.15) is 5.56 Å². The SMILES string of the molecule is [C-]#[N+]c1cc(-c2cc(C#N)cc(N3c4ccccc4-n4c5ccccc5c5cccc3c54)c2)cc(-n2c3ccccc3c3cc(N(c4ccccc4)c4ccccc4)ccc32)c1. The quantitative estimate of drug-likeness (QED) is 0.158. The van der Waals surface area contributed by atoms with Crippen molar-refractivity contribution in [2.24, 2.45) is 0 Å². The van der Waals surface area contributed by atoms with Gasteiger partial charge in [-0.3, -0.25) is 0 Å². The molecular weight excluding hydrogens is 757 g/mol. The number of aromatic nitrogens is 2. The zero-order valence-electron chi connectivity index (χ0n) is 33.3. The van der Waals surface area contributed by atoms with E-state index in [4.69, 9.17) is 6.57 Å². The highest BCUT2D eigenvalue weighted by atomic mass is 15.2. The van der Waals surface area contributed by atoms with Crippen LogP contribution in [0.4, 0.5) is 39.8 Å². The van der Waals surface area contributed by atoms with Gasteiger partial charge in [-0.1, -0.05) is 97.1 Å². The van der Waals surface area contributed by atoms with E-state index < -0.39 is 0 Å². The summed E-state index contributed by atoms with van der Waals surface area (Å²) in [6.07, 6.45) is 0. The summed E-state index contributed by atoms with van der Waals surface area (Å²) < 4.78 is 4.62. The van der Waals surface area contributed by atoms with Crippen molar-refractivity contribution in [3.05, 3.63) is 223 Å². The summed E-state index contributed by atoms with van der Waals surface area (Å²) in [5.41, 5.74) is 15.2. The lowest BCUT2D eigenvalue weighted by atomic mass is 9.99. The fourth-order valence-corrected chi connectivity index (χ4v) is 9.59. The van der Waals surface area contributed by atoms with E-state index in [0.717, 1.165) is 89.5 Å². The van der Waals surface area contributed by atoms with Gasteiger partial charge in [-0.2, -0.15) is 5.26 Å². The van der Waals surface area contributed by atoms with Crippen molar-refractivity contribution >= 4 is 83.4 Å². The van der Waals surface area contributed by atoms with Crippen molar-refractivity contribution in [2.45, 2.75) is 0 Å². The molecule has 62 heavy (non-hydrogen) atoms. The minimum Gasteiger partial charge on any atom is -0.310 e. The molecule has 0 spiro atoms. The van der Waals surface area contributed by atoms with Crippen molar-refractivity contribution in [1.29, 1.82) is 5.26 Å². The minimum atomic E-state index is 0.515. The second kappa shape index (κ2) is 13.9. The zero-order valence-corrected chi connectivity index (χ0v) is 33.3. The lowest BCUT2D eigenvalue weighted by Gasteiger charge is -2.33. The second-order valence-corrected chi connectivity index (χ2v) is 15.6. The molecule has 0 bridgehead atoms. The van der Waals surface area contributed by atoms with Crippen molar-refractivity contribution in [3.63, 3.8) is 0 Å². The van der Waals surface area contributed by atoms with E-state index in [1.165, 1.54) is 10.8 Å². The Hall–Kier alpha value is -8.84. The third kappa shape index (κ3) is 5.35. The summed E-state index contributed by atoms with van der Waals surface area (Å²) in [5.74, 6) is 0. The Bertz CT molecular complexity index is 3640. The van der Waals surface area contributed by atoms with Gasteiger partial charge in [0.2, 0.25) is 0 Å². The van der Waals surface area contributed by atoms with Crippen molar-refractivity contribution < 1.29 is 0 Å². The maximum absolute atomic E-state index is 10.6. The van der Waals surface area contributed by atoms with E-state index in [2.05, 4.69) is 200 Å². The maximum Gasteiger partial charge on any atom is 0.189 e. The number of hydrogen-bond donors (Lipinski definition) is 0. The van der Waals surface area contributed by atoms with E-state index in [1.807, 2.05) is 36.4 Å². The number of anilines is 6. The number of benzene rings is 9. The van der Waals surface area contributed by atoms with Gasteiger partial charge in [-0.15, -0.1) is 0 Å². The summed E-state index contributed by atoms with van der Waals surface area (Å²) in [5, 5.41) is 15.1. The predicted molar refractivity (Wildman–Crippen MR) is 254 cm³/mol. The van der Waals surface area contributed by atoms with Gasteiger partial charge in [0.05, 0.1) is 57.3 Å². The summed E-state index contributed by atoms with van der Waals surface area (Å²) in [4.78, 5) is 8.56. The molecule has 3 heterocycles. The molecule has 0 fully saturated rings. The number of nitrogens with zero attached hydrogens (tertiary/aromatic N) is 6. The first-order valence-corrected chi connectivity index (χ1v) is 20.6. The van der Waals surface area contributed by atoms with Crippen LogP contribution in [0, 0.1) is 17.9 Å². The molecule has 6 nitrogen and oxygen atoms in total. The first-order valence-electron chi connectivity index (χ1n) is 20.6. The van der Waals surface area contributed by atoms with Crippen LogP contribution in [0.25, 0.3) is 71.0 Å². The van der Waals surface area contributed by atoms with Gasteiger partial charge in [0.1, 0.15) is 0 Å². The highest BCUT2D eigenvalue weighted by Crippen LogP contribution is 2.50. The highest BCUT2D eigenvalue weighted by molar-refractivity contribution is 6.17. The van der Waals surface area contributed by atoms with E-state index in [0.29, 0.717) is 11.3 Å². The van der Waals surface area contributed by atoms with Crippen LogP contribution in [-0.4, -0.2) is 9.13 Å². The van der Waals surface area contributed by atoms with Crippen molar-refractivity contribution in [2.75, 3.05) is 9.80 Å². The van der Waals surface area contributed by atoms with E-state index in [-0.39, 0.29) is 0 Å². The average Bonchev–Trinajstić information content (AvgIpc) is 3.86. The summed E-state index contributed by atoms with van der Waals surface area (Å²) >= 11 is 0. The zero-order chi connectivity index (χ0) is 41.3. The largest absolute Gasteiger partial charge is 0.310 e. The van der Waals surface area contributed by atoms with E-state index >= 15 is 0 Å². The fraction of sp³-hybridized carbons (Fsp3) is 0. The van der Waals surface area contributed by atoms with Crippen LogP contribution < -0.4 is 9.80 Å². The lowest BCUT2D eigenvalue weighted by Crippen LogP contribution is -2.18. The van der Waals surface area contributed by atoms with E-state index in [9.17, 15) is 5.26 Å². The minimum absolute atomic E-state index is 0.515. The molecule has 0 atom stereocenters. The Morgan fingerprint density at radius 3 is 1.74 bits per heavy atom.